The standard InChI is InChI=1S/C11H11FN2O2/c1-6-3-4-7(12)10(11(6)15-2)8-5-9(13)14-16-8/h3-5H,1-2H3,(H2,13,14). The molecule has 1 heterocycles. The first-order chi connectivity index (χ1) is 7.63. The third-order valence-corrected chi connectivity index (χ3v) is 2.28. The summed E-state index contributed by atoms with van der Waals surface area (Å²) in [5.41, 5.74) is 6.48. The Kier molecular flexibility index (Phi) is 2.52. The normalized spacial score (nSPS) is 10.4. The van der Waals surface area contributed by atoms with E-state index in [9.17, 15) is 4.39 Å². The average Bonchev–Trinajstić information content (AvgIpc) is 2.67. The second kappa shape index (κ2) is 3.84. The van der Waals surface area contributed by atoms with Gasteiger partial charge in [-0.2, -0.15) is 0 Å². The Bertz CT molecular complexity index is 523. The van der Waals surface area contributed by atoms with Crippen LogP contribution < -0.4 is 10.5 Å². The van der Waals surface area contributed by atoms with Gasteiger partial charge in [-0.3, -0.25) is 0 Å². The van der Waals surface area contributed by atoms with Crippen LogP contribution in [0, 0.1) is 12.7 Å². The van der Waals surface area contributed by atoms with Crippen molar-refractivity contribution in [1.82, 2.24) is 5.16 Å². The molecule has 2 rings (SSSR count). The maximum Gasteiger partial charge on any atom is 0.175 e. The number of nitrogen functional groups attached to an aromatic ring is 1. The van der Waals surface area contributed by atoms with E-state index in [0.29, 0.717) is 5.75 Å². The zero-order chi connectivity index (χ0) is 11.7. The van der Waals surface area contributed by atoms with Crippen molar-refractivity contribution in [2.45, 2.75) is 6.92 Å². The van der Waals surface area contributed by atoms with Crippen molar-refractivity contribution in [3.05, 3.63) is 29.6 Å². The molecule has 0 bridgehead atoms. The van der Waals surface area contributed by atoms with Gasteiger partial charge >= 0.3 is 0 Å². The van der Waals surface area contributed by atoms with Gasteiger partial charge in [0.25, 0.3) is 0 Å². The molecule has 0 saturated heterocycles. The van der Waals surface area contributed by atoms with Crippen molar-refractivity contribution in [3.8, 4) is 17.1 Å². The number of nitrogens with zero attached hydrogens (tertiary/aromatic N) is 1. The summed E-state index contributed by atoms with van der Waals surface area (Å²) in [5.74, 6) is 0.461. The fraction of sp³-hybridized carbons (Fsp3) is 0.182. The van der Waals surface area contributed by atoms with E-state index in [1.807, 2.05) is 6.92 Å². The highest BCUT2D eigenvalue weighted by atomic mass is 19.1. The van der Waals surface area contributed by atoms with Crippen LogP contribution in [0.5, 0.6) is 5.75 Å². The lowest BCUT2D eigenvalue weighted by molar-refractivity contribution is 0.400. The highest BCUT2D eigenvalue weighted by Gasteiger charge is 2.18. The molecule has 1 aromatic heterocycles. The van der Waals surface area contributed by atoms with Crippen LogP contribution >= 0.6 is 0 Å². The number of nitrogens with two attached hydrogens (primary N) is 1. The number of anilines is 1. The van der Waals surface area contributed by atoms with Gasteiger partial charge in [0.15, 0.2) is 11.6 Å². The number of hydrogen-bond acceptors (Lipinski definition) is 4. The summed E-state index contributed by atoms with van der Waals surface area (Å²) < 4.78 is 23.8. The Balaban J connectivity index is 2.67. The van der Waals surface area contributed by atoms with Gasteiger partial charge in [0.1, 0.15) is 11.6 Å². The summed E-state index contributed by atoms with van der Waals surface area (Å²) in [7, 11) is 1.48. The largest absolute Gasteiger partial charge is 0.496 e. The molecule has 0 radical (unpaired) electrons. The Morgan fingerprint density at radius 3 is 2.75 bits per heavy atom. The molecule has 0 unspecified atom stereocenters. The Morgan fingerprint density at radius 2 is 2.19 bits per heavy atom. The number of benzene rings is 1. The number of halogens is 1. The van der Waals surface area contributed by atoms with Gasteiger partial charge in [-0.25, -0.2) is 4.39 Å². The minimum atomic E-state index is -0.432. The second-order valence-electron chi connectivity index (χ2n) is 3.39. The van der Waals surface area contributed by atoms with Gasteiger partial charge in [-0.1, -0.05) is 11.2 Å². The Labute approximate surface area is 91.8 Å². The molecule has 0 aliphatic rings. The molecule has 84 valence electrons. The van der Waals surface area contributed by atoms with E-state index in [1.165, 1.54) is 19.2 Å². The lowest BCUT2D eigenvalue weighted by Gasteiger charge is -2.09. The molecule has 0 fully saturated rings. The molecule has 4 nitrogen and oxygen atoms in total. The summed E-state index contributed by atoms with van der Waals surface area (Å²) >= 11 is 0. The number of methoxy groups -OCH3 is 1. The van der Waals surface area contributed by atoms with E-state index in [4.69, 9.17) is 15.0 Å². The monoisotopic (exact) mass is 222 g/mol. The smallest absolute Gasteiger partial charge is 0.175 e. The molecule has 0 aliphatic heterocycles. The first-order valence-corrected chi connectivity index (χ1v) is 4.69. The first-order valence-electron chi connectivity index (χ1n) is 4.69. The molecule has 2 aromatic rings. The summed E-state index contributed by atoms with van der Waals surface area (Å²) in [5, 5.41) is 3.52. The summed E-state index contributed by atoms with van der Waals surface area (Å²) in [4.78, 5) is 0. The summed E-state index contributed by atoms with van der Waals surface area (Å²) in [6.07, 6.45) is 0. The van der Waals surface area contributed by atoms with Gasteiger partial charge in [0.05, 0.1) is 12.7 Å². The lowest BCUT2D eigenvalue weighted by Crippen LogP contribution is -1.93. The van der Waals surface area contributed by atoms with Crippen LogP contribution in [0.15, 0.2) is 22.7 Å². The van der Waals surface area contributed by atoms with E-state index in [1.54, 1.807) is 6.07 Å². The maximum atomic E-state index is 13.7. The van der Waals surface area contributed by atoms with Crippen molar-refractivity contribution in [2.75, 3.05) is 12.8 Å². The van der Waals surface area contributed by atoms with Crippen LogP contribution in [-0.2, 0) is 0 Å². The molecule has 0 amide bonds. The topological polar surface area (TPSA) is 61.3 Å². The van der Waals surface area contributed by atoms with Crippen LogP contribution in [0.4, 0.5) is 10.2 Å². The van der Waals surface area contributed by atoms with Crippen molar-refractivity contribution in [2.24, 2.45) is 0 Å². The van der Waals surface area contributed by atoms with Crippen LogP contribution in [0.3, 0.4) is 0 Å². The molecular formula is C11H11FN2O2. The van der Waals surface area contributed by atoms with Gasteiger partial charge < -0.3 is 15.0 Å². The van der Waals surface area contributed by atoms with Gasteiger partial charge in [0, 0.05) is 6.07 Å². The van der Waals surface area contributed by atoms with E-state index in [-0.39, 0.29) is 17.1 Å². The highest BCUT2D eigenvalue weighted by Crippen LogP contribution is 2.35. The average molecular weight is 222 g/mol. The summed E-state index contributed by atoms with van der Waals surface area (Å²) in [6, 6.07) is 4.45. The van der Waals surface area contributed by atoms with Crippen molar-refractivity contribution in [1.29, 1.82) is 0 Å². The number of hydrogen-bond donors (Lipinski definition) is 1. The minimum Gasteiger partial charge on any atom is -0.496 e. The number of aryl methyl sites for hydroxylation is 1. The minimum absolute atomic E-state index is 0.206. The molecule has 0 atom stereocenters. The highest BCUT2D eigenvalue weighted by molar-refractivity contribution is 5.70. The van der Waals surface area contributed by atoms with E-state index >= 15 is 0 Å². The molecule has 16 heavy (non-hydrogen) atoms. The molecular weight excluding hydrogens is 211 g/mol. The van der Waals surface area contributed by atoms with Crippen LogP contribution in [0.25, 0.3) is 11.3 Å². The van der Waals surface area contributed by atoms with E-state index in [2.05, 4.69) is 5.16 Å². The summed E-state index contributed by atoms with van der Waals surface area (Å²) in [6.45, 7) is 1.82. The number of aromatic nitrogens is 1. The Hall–Kier alpha value is -2.04. The molecule has 0 spiro atoms. The predicted octanol–water partition coefficient (Wildman–Crippen LogP) is 2.38. The lowest BCUT2D eigenvalue weighted by atomic mass is 10.1. The fourth-order valence-corrected chi connectivity index (χ4v) is 1.56. The third kappa shape index (κ3) is 1.60. The van der Waals surface area contributed by atoms with Crippen molar-refractivity contribution >= 4 is 5.82 Å². The number of ether oxygens (including phenoxy) is 1. The fourth-order valence-electron chi connectivity index (χ4n) is 1.56. The first kappa shape index (κ1) is 10.5. The maximum absolute atomic E-state index is 13.7. The van der Waals surface area contributed by atoms with Gasteiger partial charge in [0.2, 0.25) is 0 Å². The molecule has 1 aromatic carbocycles. The third-order valence-electron chi connectivity index (χ3n) is 2.28. The quantitative estimate of drug-likeness (QED) is 0.847. The predicted molar refractivity (Wildman–Crippen MR) is 57.6 cm³/mol. The van der Waals surface area contributed by atoms with Gasteiger partial charge in [-0.05, 0) is 18.6 Å². The SMILES string of the molecule is COc1c(C)ccc(F)c1-c1cc(N)no1. The second-order valence-corrected chi connectivity index (χ2v) is 3.39. The van der Waals surface area contributed by atoms with Crippen LogP contribution in [0.1, 0.15) is 5.56 Å². The van der Waals surface area contributed by atoms with E-state index < -0.39 is 5.82 Å². The van der Waals surface area contributed by atoms with Crippen molar-refractivity contribution < 1.29 is 13.7 Å². The molecule has 2 N–H and O–H groups in total. The van der Waals surface area contributed by atoms with Crippen LogP contribution in [0.2, 0.25) is 0 Å². The van der Waals surface area contributed by atoms with Gasteiger partial charge in [-0.15, -0.1) is 0 Å². The number of rotatable bonds is 2. The van der Waals surface area contributed by atoms with Crippen molar-refractivity contribution in [3.63, 3.8) is 0 Å². The van der Waals surface area contributed by atoms with E-state index in [0.717, 1.165) is 5.56 Å². The zero-order valence-corrected chi connectivity index (χ0v) is 8.95. The molecule has 0 aliphatic carbocycles. The molecule has 0 saturated carbocycles. The Morgan fingerprint density at radius 1 is 1.44 bits per heavy atom. The molecule has 5 heteroatoms. The van der Waals surface area contributed by atoms with Crippen LogP contribution in [-0.4, -0.2) is 12.3 Å². The zero-order valence-electron chi connectivity index (χ0n) is 8.95.